The summed E-state index contributed by atoms with van der Waals surface area (Å²) in [5.41, 5.74) is -1.00. The van der Waals surface area contributed by atoms with Gasteiger partial charge in [-0.3, -0.25) is 0 Å². The highest BCUT2D eigenvalue weighted by Crippen LogP contribution is 2.30. The molecule has 0 aliphatic carbocycles. The maximum Gasteiger partial charge on any atom is 0.433 e. The molecule has 0 spiro atoms. The van der Waals surface area contributed by atoms with Gasteiger partial charge in [0.1, 0.15) is 10.8 Å². The van der Waals surface area contributed by atoms with Crippen LogP contribution in [-0.2, 0) is 6.18 Å². The van der Waals surface area contributed by atoms with Crippen molar-refractivity contribution in [2.45, 2.75) is 33.1 Å². The van der Waals surface area contributed by atoms with Gasteiger partial charge < -0.3 is 5.11 Å². The number of hydrogen-bond donors (Lipinski definition) is 1. The minimum Gasteiger partial charge on any atom is -0.389 e. The molecular weight excluding hydrogens is 243 g/mol. The second-order valence-electron chi connectivity index (χ2n) is 2.78. The number of aliphatic hydroxyl groups excluding tert-OH is 1. The fraction of sp³-hybridized carbons (Fsp3) is 0.500. The third-order valence-corrected chi connectivity index (χ3v) is 1.78. The van der Waals surface area contributed by atoms with Gasteiger partial charge in [-0.15, -0.1) is 0 Å². The Morgan fingerprint density at radius 1 is 1.31 bits per heavy atom. The summed E-state index contributed by atoms with van der Waals surface area (Å²) < 4.78 is 36.6. The predicted octanol–water partition coefficient (Wildman–Crippen LogP) is 3.83. The molecule has 16 heavy (non-hydrogen) atoms. The van der Waals surface area contributed by atoms with Crippen LogP contribution in [0.4, 0.5) is 13.2 Å². The number of pyridine rings is 1. The van der Waals surface area contributed by atoms with Crippen molar-refractivity contribution in [3.05, 3.63) is 28.5 Å². The van der Waals surface area contributed by atoms with E-state index in [1.807, 2.05) is 13.8 Å². The molecule has 1 aromatic rings. The molecule has 0 fully saturated rings. The van der Waals surface area contributed by atoms with Gasteiger partial charge >= 0.3 is 6.18 Å². The third-order valence-electron chi connectivity index (χ3n) is 1.59. The highest BCUT2D eigenvalue weighted by molar-refractivity contribution is 6.29. The zero-order valence-corrected chi connectivity index (χ0v) is 9.89. The summed E-state index contributed by atoms with van der Waals surface area (Å²) in [6.07, 6.45) is -5.55. The number of nitrogens with zero attached hydrogens (tertiary/aromatic N) is 1. The van der Waals surface area contributed by atoms with Crippen LogP contribution in [-0.4, -0.2) is 10.1 Å². The van der Waals surface area contributed by atoms with Crippen LogP contribution in [0.15, 0.2) is 12.1 Å². The van der Waals surface area contributed by atoms with Gasteiger partial charge in [-0.2, -0.15) is 13.2 Å². The van der Waals surface area contributed by atoms with Crippen molar-refractivity contribution < 1.29 is 18.3 Å². The van der Waals surface area contributed by atoms with E-state index in [9.17, 15) is 13.2 Å². The van der Waals surface area contributed by atoms with Gasteiger partial charge in [0, 0.05) is 0 Å². The molecule has 1 rings (SSSR count). The van der Waals surface area contributed by atoms with Crippen molar-refractivity contribution in [2.24, 2.45) is 0 Å². The molecular formula is C10H13ClF3NO. The summed E-state index contributed by atoms with van der Waals surface area (Å²) in [5.74, 6) is 0. The van der Waals surface area contributed by atoms with Crippen LogP contribution in [0.3, 0.4) is 0 Å². The Bertz CT molecular complexity index is 339. The maximum absolute atomic E-state index is 12.2. The fourth-order valence-corrected chi connectivity index (χ4v) is 1.12. The first-order valence-electron chi connectivity index (χ1n) is 4.73. The van der Waals surface area contributed by atoms with Crippen molar-refractivity contribution in [1.29, 1.82) is 0 Å². The third kappa shape index (κ3) is 4.37. The molecule has 1 heterocycles. The Labute approximate surface area is 97.1 Å². The van der Waals surface area contributed by atoms with E-state index in [1.165, 1.54) is 13.0 Å². The normalized spacial score (nSPS) is 12.8. The summed E-state index contributed by atoms with van der Waals surface area (Å²) in [4.78, 5) is 3.12. The second-order valence-corrected chi connectivity index (χ2v) is 3.17. The first-order chi connectivity index (χ1) is 7.30. The van der Waals surface area contributed by atoms with Gasteiger partial charge in [-0.1, -0.05) is 25.4 Å². The standard InChI is InChI=1S/C8H7ClF3NO.C2H6/c1-4(14)5-2-6(8(10,11)12)13-7(9)3-5;1-2/h2-4,14H,1H3;1-2H3. The number of aromatic nitrogens is 1. The molecule has 0 amide bonds. The highest BCUT2D eigenvalue weighted by atomic mass is 35.5. The number of rotatable bonds is 1. The van der Waals surface area contributed by atoms with Crippen LogP contribution < -0.4 is 0 Å². The van der Waals surface area contributed by atoms with Crippen LogP contribution in [0.25, 0.3) is 0 Å². The van der Waals surface area contributed by atoms with E-state index in [-0.39, 0.29) is 10.7 Å². The van der Waals surface area contributed by atoms with Crippen LogP contribution in [0.2, 0.25) is 5.15 Å². The number of hydrogen-bond acceptors (Lipinski definition) is 2. The first-order valence-corrected chi connectivity index (χ1v) is 5.11. The Morgan fingerprint density at radius 3 is 2.19 bits per heavy atom. The Hall–Kier alpha value is -0.810. The van der Waals surface area contributed by atoms with Crippen LogP contribution in [0.5, 0.6) is 0 Å². The molecule has 0 saturated heterocycles. The molecule has 6 heteroatoms. The van der Waals surface area contributed by atoms with E-state index in [1.54, 1.807) is 0 Å². The van der Waals surface area contributed by atoms with Crippen molar-refractivity contribution in [1.82, 2.24) is 4.98 Å². The quantitative estimate of drug-likeness (QED) is 0.774. The SMILES string of the molecule is CC.CC(O)c1cc(Cl)nc(C(F)(F)F)c1. The minimum absolute atomic E-state index is 0.0947. The van der Waals surface area contributed by atoms with E-state index >= 15 is 0 Å². The number of alkyl halides is 3. The van der Waals surface area contributed by atoms with Gasteiger partial charge in [-0.05, 0) is 24.6 Å². The van der Waals surface area contributed by atoms with Crippen molar-refractivity contribution in [3.8, 4) is 0 Å². The molecule has 0 aromatic carbocycles. The first kappa shape index (κ1) is 15.2. The van der Waals surface area contributed by atoms with Crippen molar-refractivity contribution >= 4 is 11.6 Å². The molecule has 2 nitrogen and oxygen atoms in total. The van der Waals surface area contributed by atoms with Gasteiger partial charge in [0.05, 0.1) is 6.10 Å². The molecule has 0 saturated carbocycles. The molecule has 0 aliphatic heterocycles. The summed E-state index contributed by atoms with van der Waals surface area (Å²) in [7, 11) is 0. The Balaban J connectivity index is 0.00000106. The molecule has 92 valence electrons. The molecule has 0 radical (unpaired) electrons. The average molecular weight is 256 g/mol. The van der Waals surface area contributed by atoms with Gasteiger partial charge in [0.15, 0.2) is 0 Å². The van der Waals surface area contributed by atoms with Crippen molar-refractivity contribution in [2.75, 3.05) is 0 Å². The zero-order chi connectivity index (χ0) is 12.9. The summed E-state index contributed by atoms with van der Waals surface area (Å²) in [6, 6.07) is 1.97. The zero-order valence-electron chi connectivity index (χ0n) is 9.14. The lowest BCUT2D eigenvalue weighted by molar-refractivity contribution is -0.141. The van der Waals surface area contributed by atoms with E-state index in [2.05, 4.69) is 4.98 Å². The highest BCUT2D eigenvalue weighted by Gasteiger charge is 2.33. The summed E-state index contributed by atoms with van der Waals surface area (Å²) >= 11 is 5.38. The Kier molecular flexibility index (Phi) is 5.75. The molecule has 1 atom stereocenters. The van der Waals surface area contributed by atoms with Crippen LogP contribution in [0, 0.1) is 0 Å². The van der Waals surface area contributed by atoms with Crippen LogP contribution >= 0.6 is 11.6 Å². The second kappa shape index (κ2) is 6.06. The molecule has 1 aromatic heterocycles. The number of aliphatic hydroxyl groups is 1. The predicted molar refractivity (Wildman–Crippen MR) is 56.2 cm³/mol. The topological polar surface area (TPSA) is 33.1 Å². The maximum atomic E-state index is 12.2. The monoisotopic (exact) mass is 255 g/mol. The smallest absolute Gasteiger partial charge is 0.389 e. The Morgan fingerprint density at radius 2 is 1.81 bits per heavy atom. The fourth-order valence-electron chi connectivity index (χ4n) is 0.903. The molecule has 0 aliphatic rings. The molecule has 1 N–H and O–H groups in total. The van der Waals surface area contributed by atoms with Gasteiger partial charge in [0.25, 0.3) is 0 Å². The largest absolute Gasteiger partial charge is 0.433 e. The lowest BCUT2D eigenvalue weighted by Gasteiger charge is -2.10. The minimum atomic E-state index is -4.55. The number of halogens is 4. The lowest BCUT2D eigenvalue weighted by Crippen LogP contribution is -2.09. The summed E-state index contributed by atoms with van der Waals surface area (Å²) in [6.45, 7) is 5.35. The van der Waals surface area contributed by atoms with Gasteiger partial charge in [0.2, 0.25) is 0 Å². The van der Waals surface area contributed by atoms with Crippen molar-refractivity contribution in [3.63, 3.8) is 0 Å². The summed E-state index contributed by atoms with van der Waals surface area (Å²) in [5, 5.41) is 8.80. The van der Waals surface area contributed by atoms with E-state index in [0.717, 1.165) is 6.07 Å². The lowest BCUT2D eigenvalue weighted by atomic mass is 10.1. The van der Waals surface area contributed by atoms with E-state index in [0.29, 0.717) is 0 Å². The molecule has 1 unspecified atom stereocenters. The van der Waals surface area contributed by atoms with Gasteiger partial charge in [-0.25, -0.2) is 4.98 Å². The average Bonchev–Trinajstić information content (AvgIpc) is 2.18. The van der Waals surface area contributed by atoms with E-state index < -0.39 is 18.0 Å². The van der Waals surface area contributed by atoms with E-state index in [4.69, 9.17) is 16.7 Å². The van der Waals surface area contributed by atoms with Crippen LogP contribution in [0.1, 0.15) is 38.1 Å². The molecule has 0 bridgehead atoms.